The second kappa shape index (κ2) is 24.1. The Kier molecular flexibility index (Phi) is 292. The van der Waals surface area contributed by atoms with Gasteiger partial charge >= 0.3 is 37.7 Å². The molecule has 0 amide bonds. The molecule has 0 saturated carbocycles. The molecule has 0 saturated heterocycles. The average molecular weight is 112 g/mol. The molecule has 0 aromatic heterocycles. The molecule has 0 unspecified atom stereocenters. The van der Waals surface area contributed by atoms with E-state index in [4.69, 9.17) is 0 Å². The summed E-state index contributed by atoms with van der Waals surface area (Å²) < 4.78 is 0. The van der Waals surface area contributed by atoms with E-state index in [0.29, 0.717) is 0 Å². The van der Waals surface area contributed by atoms with Gasteiger partial charge in [-0.2, -0.15) is 13.5 Å². The van der Waals surface area contributed by atoms with E-state index in [2.05, 4.69) is 0 Å². The first-order valence-electron chi connectivity index (χ1n) is 0. The first-order chi connectivity index (χ1) is 0. The minimum absolute atomic E-state index is 0. The fraction of sp³-hybridized carbons (Fsp3) is 0. The normalized spacial score (nSPS) is 0. The van der Waals surface area contributed by atoms with Crippen LogP contribution in [0.5, 0.6) is 0 Å². The maximum Gasteiger partial charge on any atom is 2.00 e. The van der Waals surface area contributed by atoms with Crippen LogP contribution >= 0.6 is 13.5 Å². The Morgan fingerprint density at radius 2 is 1.00 bits per heavy atom. The van der Waals surface area contributed by atoms with Gasteiger partial charge in [0.2, 0.25) is 0 Å². The summed E-state index contributed by atoms with van der Waals surface area (Å²) in [5.74, 6) is 0. The second-order valence-corrected chi connectivity index (χ2v) is 0. The zero-order chi connectivity index (χ0) is 0. The summed E-state index contributed by atoms with van der Waals surface area (Å²) in [6, 6.07) is 0. The van der Waals surface area contributed by atoms with Crippen molar-refractivity contribution in [2.45, 2.75) is 0 Å². The van der Waals surface area contributed by atoms with Gasteiger partial charge in [0, 0.05) is 0 Å². The van der Waals surface area contributed by atoms with Crippen LogP contribution in [0.3, 0.4) is 0 Å². The third-order valence-electron chi connectivity index (χ3n) is 0. The summed E-state index contributed by atoms with van der Waals surface area (Å²) >= 11 is 0. The Morgan fingerprint density at radius 1 is 1.00 bits per heavy atom. The summed E-state index contributed by atoms with van der Waals surface area (Å²) in [7, 11) is 0. The van der Waals surface area contributed by atoms with Crippen LogP contribution in [0.1, 0.15) is 2.85 Å². The summed E-state index contributed by atoms with van der Waals surface area (Å²) in [4.78, 5) is 0. The molecule has 0 aliphatic carbocycles. The van der Waals surface area contributed by atoms with E-state index in [1.807, 2.05) is 0 Å². The van der Waals surface area contributed by atoms with Crippen LogP contribution in [0.25, 0.3) is 0 Å². The van der Waals surface area contributed by atoms with Crippen LogP contribution in [0, 0.1) is 0 Å². The maximum atomic E-state index is 0. The standard InChI is InChI=1S/Ca.2H2O.H2S.2H/h;3*1H2;;/q+2;;;;2*-1. The van der Waals surface area contributed by atoms with Gasteiger partial charge in [-0.3, -0.25) is 0 Å². The Bertz CT molecular complexity index is 11.5. The van der Waals surface area contributed by atoms with Crippen LogP contribution in [-0.2, 0) is 0 Å². The van der Waals surface area contributed by atoms with Crippen LogP contribution < -0.4 is 0 Å². The monoisotopic (exact) mass is 112 g/mol. The molecule has 28 valence electrons. The van der Waals surface area contributed by atoms with Gasteiger partial charge in [-0.05, 0) is 0 Å². The molecule has 0 rings (SSSR count). The summed E-state index contributed by atoms with van der Waals surface area (Å²) in [5.41, 5.74) is 0. The molecule has 0 aliphatic heterocycles. The predicted molar refractivity (Wildman–Crippen MR) is 25.6 cm³/mol. The van der Waals surface area contributed by atoms with E-state index >= 15 is 0 Å². The zero-order valence-corrected chi connectivity index (χ0v) is 5.42. The van der Waals surface area contributed by atoms with E-state index in [1.165, 1.54) is 0 Å². The fourth-order valence-corrected chi connectivity index (χ4v) is 0. The van der Waals surface area contributed by atoms with Gasteiger partial charge in [0.15, 0.2) is 0 Å². The van der Waals surface area contributed by atoms with E-state index in [0.717, 1.165) is 0 Å². The number of hydrogen-bond donors (Lipinski definition) is 0. The molecule has 4 N–H and O–H groups in total. The van der Waals surface area contributed by atoms with E-state index in [9.17, 15) is 0 Å². The van der Waals surface area contributed by atoms with Crippen molar-refractivity contribution >= 4 is 51.2 Å². The molecule has 0 aliphatic rings. The zero-order valence-electron chi connectivity index (χ0n) is 4.21. The smallest absolute Gasteiger partial charge is 1.00 e. The number of hydrogen-bond acceptors (Lipinski definition) is 0. The topological polar surface area (TPSA) is 63.0 Å². The largest absolute Gasteiger partial charge is 2.00 e. The van der Waals surface area contributed by atoms with Crippen molar-refractivity contribution in [2.75, 3.05) is 0 Å². The fourth-order valence-electron chi connectivity index (χ4n) is 0. The predicted octanol–water partition coefficient (Wildman–Crippen LogP) is -1.69. The van der Waals surface area contributed by atoms with Gasteiger partial charge in [-0.25, -0.2) is 0 Å². The van der Waals surface area contributed by atoms with Crippen LogP contribution in [0.15, 0.2) is 0 Å². The first kappa shape index (κ1) is 48.5. The summed E-state index contributed by atoms with van der Waals surface area (Å²) in [5, 5.41) is 0. The molecule has 0 spiro atoms. The molecule has 4 heteroatoms. The Morgan fingerprint density at radius 3 is 1.00 bits per heavy atom. The van der Waals surface area contributed by atoms with Gasteiger partial charge < -0.3 is 13.8 Å². The molecule has 0 aromatic rings. The molecular weight excluding hydrogens is 104 g/mol. The molecule has 0 atom stereocenters. The molecular formula is H8CaO2S. The van der Waals surface area contributed by atoms with Gasteiger partial charge in [-0.15, -0.1) is 0 Å². The Labute approximate surface area is 64.6 Å². The van der Waals surface area contributed by atoms with Gasteiger partial charge in [0.1, 0.15) is 0 Å². The molecule has 0 fully saturated rings. The van der Waals surface area contributed by atoms with Crippen molar-refractivity contribution in [3.63, 3.8) is 0 Å². The van der Waals surface area contributed by atoms with E-state index in [-0.39, 0.29) is 65.0 Å². The van der Waals surface area contributed by atoms with E-state index in [1.54, 1.807) is 0 Å². The molecule has 0 heterocycles. The van der Waals surface area contributed by atoms with Crippen molar-refractivity contribution in [1.29, 1.82) is 0 Å². The molecule has 4 heavy (non-hydrogen) atoms. The van der Waals surface area contributed by atoms with Crippen molar-refractivity contribution < 1.29 is 13.8 Å². The SMILES string of the molecule is O.O.S.[Ca+2].[H-].[H-]. The molecule has 0 radical (unpaired) electrons. The number of rotatable bonds is 0. The minimum Gasteiger partial charge on any atom is -1.00 e. The minimum atomic E-state index is 0. The van der Waals surface area contributed by atoms with E-state index < -0.39 is 0 Å². The molecule has 0 bridgehead atoms. The van der Waals surface area contributed by atoms with Crippen LogP contribution in [-0.4, -0.2) is 48.7 Å². The maximum absolute atomic E-state index is 0. The summed E-state index contributed by atoms with van der Waals surface area (Å²) in [6.45, 7) is 0. The Hall–Kier alpha value is 1.53. The van der Waals surface area contributed by atoms with Gasteiger partial charge in [-0.1, -0.05) is 0 Å². The quantitative estimate of drug-likeness (QED) is 0.336. The van der Waals surface area contributed by atoms with Crippen LogP contribution in [0.2, 0.25) is 0 Å². The molecule has 0 aromatic carbocycles. The van der Waals surface area contributed by atoms with Crippen molar-refractivity contribution in [3.05, 3.63) is 0 Å². The third kappa shape index (κ3) is 9.65. The summed E-state index contributed by atoms with van der Waals surface area (Å²) in [6.07, 6.45) is 0. The Balaban J connectivity index is 0. The molecule has 2 nitrogen and oxygen atoms in total. The average Bonchev–Trinajstić information content (AvgIpc) is 0. The van der Waals surface area contributed by atoms with Crippen molar-refractivity contribution in [3.8, 4) is 0 Å². The first-order valence-corrected chi connectivity index (χ1v) is 0. The van der Waals surface area contributed by atoms with Gasteiger partial charge in [0.25, 0.3) is 0 Å². The third-order valence-corrected chi connectivity index (χ3v) is 0. The van der Waals surface area contributed by atoms with Gasteiger partial charge in [0.05, 0.1) is 0 Å². The van der Waals surface area contributed by atoms with Crippen molar-refractivity contribution in [2.24, 2.45) is 0 Å². The second-order valence-electron chi connectivity index (χ2n) is 0. The van der Waals surface area contributed by atoms with Crippen molar-refractivity contribution in [1.82, 2.24) is 0 Å². The van der Waals surface area contributed by atoms with Crippen LogP contribution in [0.4, 0.5) is 0 Å².